The summed E-state index contributed by atoms with van der Waals surface area (Å²) in [6, 6.07) is -0.720. The summed E-state index contributed by atoms with van der Waals surface area (Å²) in [5, 5.41) is 21.6. The Morgan fingerprint density at radius 2 is 2.33 bits per heavy atom. The van der Waals surface area contributed by atoms with Crippen LogP contribution in [0.15, 0.2) is 18.1 Å². The monoisotopic (exact) mass is 310 g/mol. The van der Waals surface area contributed by atoms with Gasteiger partial charge in [-0.2, -0.15) is 0 Å². The highest BCUT2D eigenvalue weighted by Gasteiger charge is 2.52. The molecule has 1 aromatic heterocycles. The van der Waals surface area contributed by atoms with Crippen LogP contribution in [0.3, 0.4) is 0 Å². The number of tetrazole rings is 1. The van der Waals surface area contributed by atoms with Crippen molar-refractivity contribution in [2.75, 3.05) is 5.75 Å². The highest BCUT2D eigenvalue weighted by atomic mass is 32.2. The Balaban J connectivity index is 1.64. The molecule has 0 aromatic carbocycles. The Kier molecular flexibility index (Phi) is 3.33. The van der Waals surface area contributed by atoms with E-state index >= 15 is 0 Å². The fraction of sp³-hybridized carbons (Fsp3) is 0.400. The van der Waals surface area contributed by atoms with Crippen LogP contribution in [0.2, 0.25) is 0 Å². The van der Waals surface area contributed by atoms with E-state index in [4.69, 9.17) is 5.11 Å². The first kappa shape index (κ1) is 13.5. The number of amides is 2. The number of nitrogens with zero attached hydrogens (tertiary/aromatic N) is 5. The molecule has 110 valence electrons. The van der Waals surface area contributed by atoms with Crippen molar-refractivity contribution in [3.63, 3.8) is 0 Å². The molecule has 11 heteroatoms. The van der Waals surface area contributed by atoms with Crippen molar-refractivity contribution in [3.05, 3.63) is 18.1 Å². The molecule has 0 spiro atoms. The Labute approximate surface area is 122 Å². The molecule has 2 amide bonds. The molecule has 3 heterocycles. The number of aromatic nitrogens is 4. The van der Waals surface area contributed by atoms with Crippen LogP contribution < -0.4 is 5.32 Å². The number of carbonyl (C=O) groups excluding carboxylic acids is 2. The molecule has 0 saturated carbocycles. The summed E-state index contributed by atoms with van der Waals surface area (Å²) in [7, 11) is 0. The van der Waals surface area contributed by atoms with E-state index < -0.39 is 23.8 Å². The summed E-state index contributed by atoms with van der Waals surface area (Å²) in [6.45, 7) is -0.101. The Morgan fingerprint density at radius 1 is 1.52 bits per heavy atom. The van der Waals surface area contributed by atoms with Gasteiger partial charge in [0.15, 0.2) is 0 Å². The average molecular weight is 310 g/mol. The van der Waals surface area contributed by atoms with Crippen molar-refractivity contribution in [1.29, 1.82) is 0 Å². The number of fused-ring (bicyclic) bond motifs is 1. The molecule has 1 aromatic rings. The Bertz CT molecular complexity index is 630. The Hall–Kier alpha value is -2.43. The molecule has 0 radical (unpaired) electrons. The number of rotatable bonds is 4. The molecule has 3 rings (SSSR count). The topological polar surface area (TPSA) is 130 Å². The first-order chi connectivity index (χ1) is 10.1. The normalized spacial score (nSPS) is 23.9. The predicted octanol–water partition coefficient (Wildman–Crippen LogP) is -1.96. The first-order valence-corrected chi connectivity index (χ1v) is 7.01. The van der Waals surface area contributed by atoms with Gasteiger partial charge in [0.1, 0.15) is 30.0 Å². The maximum absolute atomic E-state index is 12.0. The zero-order valence-electron chi connectivity index (χ0n) is 10.5. The van der Waals surface area contributed by atoms with Gasteiger partial charge in [-0.05, 0) is 16.5 Å². The third-order valence-corrected chi connectivity index (χ3v) is 4.26. The molecule has 1 fully saturated rings. The van der Waals surface area contributed by atoms with Gasteiger partial charge in [-0.15, -0.1) is 16.9 Å². The zero-order chi connectivity index (χ0) is 15.0. The fourth-order valence-electron chi connectivity index (χ4n) is 2.16. The number of thioether (sulfide) groups is 1. The standard InChI is InChI=1S/C10H10N6O4S/c17-6(3-15-4-11-13-14-15)12-7-8(18)16-5(10(19)20)1-2-21-9(7)16/h1,4,7,9H,2-3H2,(H,12,17)(H,19,20)/t7-,9+/m1/s1. The minimum atomic E-state index is -1.15. The van der Waals surface area contributed by atoms with Gasteiger partial charge in [0.2, 0.25) is 5.91 Å². The summed E-state index contributed by atoms with van der Waals surface area (Å²) in [6.07, 6.45) is 2.77. The van der Waals surface area contributed by atoms with Crippen LogP contribution in [0.4, 0.5) is 0 Å². The summed E-state index contributed by atoms with van der Waals surface area (Å²) >= 11 is 1.40. The number of carbonyl (C=O) groups is 3. The SMILES string of the molecule is O=C(Cn1cnnn1)N[C@@H]1C(=O)N2C(C(=O)O)=CCS[C@@H]12. The second kappa shape index (κ2) is 5.16. The molecule has 2 aliphatic heterocycles. The maximum Gasteiger partial charge on any atom is 0.352 e. The largest absolute Gasteiger partial charge is 0.477 e. The zero-order valence-corrected chi connectivity index (χ0v) is 11.4. The minimum Gasteiger partial charge on any atom is -0.477 e. The van der Waals surface area contributed by atoms with Crippen LogP contribution in [0.1, 0.15) is 0 Å². The second-order valence-electron chi connectivity index (χ2n) is 4.38. The van der Waals surface area contributed by atoms with Crippen molar-refractivity contribution >= 4 is 29.5 Å². The summed E-state index contributed by atoms with van der Waals surface area (Å²) in [4.78, 5) is 36.0. The molecule has 0 bridgehead atoms. The third-order valence-electron chi connectivity index (χ3n) is 3.08. The van der Waals surface area contributed by atoms with Crippen molar-refractivity contribution < 1.29 is 19.5 Å². The smallest absolute Gasteiger partial charge is 0.352 e. The van der Waals surface area contributed by atoms with Gasteiger partial charge in [-0.1, -0.05) is 0 Å². The van der Waals surface area contributed by atoms with E-state index in [2.05, 4.69) is 20.8 Å². The summed E-state index contributed by atoms with van der Waals surface area (Å²) < 4.78 is 1.23. The van der Waals surface area contributed by atoms with E-state index in [0.29, 0.717) is 5.75 Å². The predicted molar refractivity (Wildman–Crippen MR) is 68.6 cm³/mol. The van der Waals surface area contributed by atoms with Crippen molar-refractivity contribution in [2.45, 2.75) is 18.0 Å². The van der Waals surface area contributed by atoms with E-state index in [0.717, 1.165) is 0 Å². The number of carboxylic acid groups (broad SMARTS) is 1. The molecule has 21 heavy (non-hydrogen) atoms. The van der Waals surface area contributed by atoms with Crippen LogP contribution in [0.5, 0.6) is 0 Å². The fourth-order valence-corrected chi connectivity index (χ4v) is 3.35. The number of nitrogens with one attached hydrogen (secondary N) is 1. The van der Waals surface area contributed by atoms with E-state index in [1.54, 1.807) is 0 Å². The average Bonchev–Trinajstić information content (AvgIpc) is 2.96. The van der Waals surface area contributed by atoms with Gasteiger partial charge in [-0.3, -0.25) is 14.5 Å². The number of β-lactam (4-membered cyclic amide) rings is 1. The molecule has 1 saturated heterocycles. The van der Waals surface area contributed by atoms with Gasteiger partial charge >= 0.3 is 5.97 Å². The summed E-state index contributed by atoms with van der Waals surface area (Å²) in [5.41, 5.74) is -0.0327. The highest BCUT2D eigenvalue weighted by Crippen LogP contribution is 2.37. The quantitative estimate of drug-likeness (QED) is 0.613. The maximum atomic E-state index is 12.0. The minimum absolute atomic E-state index is 0.0327. The number of hydrogen-bond acceptors (Lipinski definition) is 7. The molecule has 0 aliphatic carbocycles. The van der Waals surface area contributed by atoms with Crippen LogP contribution in [-0.4, -0.2) is 65.2 Å². The van der Waals surface area contributed by atoms with Crippen molar-refractivity contribution in [2.24, 2.45) is 0 Å². The third kappa shape index (κ3) is 2.35. The molecule has 10 nitrogen and oxygen atoms in total. The summed E-state index contributed by atoms with van der Waals surface area (Å²) in [5.74, 6) is -1.50. The lowest BCUT2D eigenvalue weighted by molar-refractivity contribution is -0.150. The molecule has 2 atom stereocenters. The van der Waals surface area contributed by atoms with Crippen molar-refractivity contribution in [1.82, 2.24) is 30.4 Å². The van der Waals surface area contributed by atoms with Crippen LogP contribution in [0.25, 0.3) is 0 Å². The van der Waals surface area contributed by atoms with E-state index in [9.17, 15) is 14.4 Å². The molecule has 0 unspecified atom stereocenters. The lowest BCUT2D eigenvalue weighted by Crippen LogP contribution is -2.70. The van der Waals surface area contributed by atoms with E-state index in [1.807, 2.05) is 0 Å². The molecule has 2 N–H and O–H groups in total. The molecule has 2 aliphatic rings. The highest BCUT2D eigenvalue weighted by molar-refractivity contribution is 8.00. The van der Waals surface area contributed by atoms with Crippen LogP contribution in [-0.2, 0) is 20.9 Å². The number of hydrogen-bond donors (Lipinski definition) is 2. The van der Waals surface area contributed by atoms with Crippen LogP contribution in [0, 0.1) is 0 Å². The number of carboxylic acids is 1. The second-order valence-corrected chi connectivity index (χ2v) is 5.53. The lowest BCUT2D eigenvalue weighted by atomic mass is 10.1. The van der Waals surface area contributed by atoms with Gasteiger partial charge in [0.05, 0.1) is 0 Å². The lowest BCUT2D eigenvalue weighted by Gasteiger charge is -2.48. The van der Waals surface area contributed by atoms with Gasteiger partial charge in [0, 0.05) is 5.75 Å². The molecular formula is C10H10N6O4S. The van der Waals surface area contributed by atoms with Gasteiger partial charge < -0.3 is 10.4 Å². The first-order valence-electron chi connectivity index (χ1n) is 5.96. The van der Waals surface area contributed by atoms with Crippen molar-refractivity contribution in [3.8, 4) is 0 Å². The molecular weight excluding hydrogens is 300 g/mol. The van der Waals surface area contributed by atoms with Crippen LogP contribution >= 0.6 is 11.8 Å². The Morgan fingerprint density at radius 3 is 3.00 bits per heavy atom. The van der Waals surface area contributed by atoms with E-state index in [-0.39, 0.29) is 17.6 Å². The van der Waals surface area contributed by atoms with Gasteiger partial charge in [0.25, 0.3) is 5.91 Å². The van der Waals surface area contributed by atoms with E-state index in [1.165, 1.54) is 33.7 Å². The number of aliphatic carboxylic acids is 1. The van der Waals surface area contributed by atoms with Gasteiger partial charge in [-0.25, -0.2) is 9.48 Å².